The van der Waals surface area contributed by atoms with Crippen LogP contribution in [0.5, 0.6) is 0 Å². The molecule has 124 valence electrons. The maximum Gasteiger partial charge on any atom is 0.125 e. The highest BCUT2D eigenvalue weighted by atomic mass is 35.5. The highest BCUT2D eigenvalue weighted by Crippen LogP contribution is 2.24. The molecule has 2 aromatic heterocycles. The number of halogens is 1. The van der Waals surface area contributed by atoms with Crippen LogP contribution in [0.25, 0.3) is 11.3 Å². The maximum absolute atomic E-state index is 9.26. The Morgan fingerprint density at radius 2 is 1.96 bits per heavy atom. The first-order valence-electron chi connectivity index (χ1n) is 7.76. The molecule has 6 heteroatoms. The Balaban J connectivity index is 1.80. The first-order chi connectivity index (χ1) is 11.7. The zero-order chi connectivity index (χ0) is 16.9. The fraction of sp³-hybridized carbons (Fsp3) is 0.222. The van der Waals surface area contributed by atoms with Crippen LogP contribution in [0, 0.1) is 6.92 Å². The first kappa shape index (κ1) is 16.5. The van der Waals surface area contributed by atoms with Gasteiger partial charge in [0, 0.05) is 22.8 Å². The molecular weight excluding hydrogens is 324 g/mol. The van der Waals surface area contributed by atoms with E-state index in [1.807, 2.05) is 55.6 Å². The number of rotatable bonds is 6. The second-order valence-corrected chi connectivity index (χ2v) is 5.99. The number of nitrogens with zero attached hydrogens (tertiary/aromatic N) is 3. The van der Waals surface area contributed by atoms with Gasteiger partial charge in [-0.1, -0.05) is 29.8 Å². The van der Waals surface area contributed by atoms with E-state index in [0.29, 0.717) is 18.1 Å². The number of aliphatic hydroxyl groups is 1. The summed E-state index contributed by atoms with van der Waals surface area (Å²) in [5.74, 6) is 0.844. The molecule has 24 heavy (non-hydrogen) atoms. The summed E-state index contributed by atoms with van der Waals surface area (Å²) < 4.78 is 1.76. The third-order valence-electron chi connectivity index (χ3n) is 3.65. The van der Waals surface area contributed by atoms with E-state index in [0.717, 1.165) is 28.3 Å². The standard InChI is InChI=1S/C18H19ClN4O/c1-13-2-7-16(20-11-13)12-21-18-10-17(22-23(18)8-9-24)14-3-5-15(19)6-4-14/h2-7,10-11,21,24H,8-9,12H2,1H3. The topological polar surface area (TPSA) is 63.0 Å². The smallest absolute Gasteiger partial charge is 0.125 e. The predicted molar refractivity (Wildman–Crippen MR) is 96.1 cm³/mol. The molecule has 3 aromatic rings. The molecule has 2 heterocycles. The summed E-state index contributed by atoms with van der Waals surface area (Å²) in [6.45, 7) is 3.06. The van der Waals surface area contributed by atoms with E-state index in [4.69, 9.17) is 11.6 Å². The first-order valence-corrected chi connectivity index (χ1v) is 8.13. The van der Waals surface area contributed by atoms with Crippen LogP contribution in [-0.4, -0.2) is 26.5 Å². The van der Waals surface area contributed by atoms with E-state index in [1.54, 1.807) is 4.68 Å². The lowest BCUT2D eigenvalue weighted by Gasteiger charge is -2.08. The number of hydrogen-bond donors (Lipinski definition) is 2. The molecule has 0 radical (unpaired) electrons. The molecule has 0 amide bonds. The van der Waals surface area contributed by atoms with Gasteiger partial charge in [0.1, 0.15) is 5.82 Å². The molecule has 0 aliphatic carbocycles. The van der Waals surface area contributed by atoms with Gasteiger partial charge in [0.25, 0.3) is 0 Å². The van der Waals surface area contributed by atoms with Gasteiger partial charge in [0.05, 0.1) is 31.1 Å². The molecule has 3 rings (SSSR count). The molecule has 0 fully saturated rings. The van der Waals surface area contributed by atoms with Crippen molar-refractivity contribution in [3.8, 4) is 11.3 Å². The Kier molecular flexibility index (Phi) is 5.13. The number of aliphatic hydroxyl groups excluding tert-OH is 1. The second-order valence-electron chi connectivity index (χ2n) is 5.55. The normalized spacial score (nSPS) is 10.8. The molecule has 0 bridgehead atoms. The van der Waals surface area contributed by atoms with Crippen molar-refractivity contribution >= 4 is 17.4 Å². The van der Waals surface area contributed by atoms with Gasteiger partial charge in [-0.2, -0.15) is 5.10 Å². The molecule has 5 nitrogen and oxygen atoms in total. The van der Waals surface area contributed by atoms with Crippen molar-refractivity contribution in [3.63, 3.8) is 0 Å². The third-order valence-corrected chi connectivity index (χ3v) is 3.91. The average Bonchev–Trinajstić information content (AvgIpc) is 2.98. The molecular formula is C18H19ClN4O. The highest BCUT2D eigenvalue weighted by Gasteiger charge is 2.09. The van der Waals surface area contributed by atoms with Gasteiger partial charge in [-0.05, 0) is 30.7 Å². The minimum Gasteiger partial charge on any atom is -0.394 e. The fourth-order valence-corrected chi connectivity index (χ4v) is 2.50. The number of aryl methyl sites for hydroxylation is 1. The van der Waals surface area contributed by atoms with E-state index in [1.165, 1.54) is 0 Å². The van der Waals surface area contributed by atoms with Crippen LogP contribution < -0.4 is 5.32 Å². The van der Waals surface area contributed by atoms with Crippen molar-refractivity contribution in [2.45, 2.75) is 20.0 Å². The van der Waals surface area contributed by atoms with Crippen molar-refractivity contribution in [3.05, 3.63) is 64.9 Å². The van der Waals surface area contributed by atoms with Crippen molar-refractivity contribution in [2.75, 3.05) is 11.9 Å². The fourth-order valence-electron chi connectivity index (χ4n) is 2.37. The van der Waals surface area contributed by atoms with Crippen LogP contribution in [0.1, 0.15) is 11.3 Å². The van der Waals surface area contributed by atoms with Crippen LogP contribution in [0.2, 0.25) is 5.02 Å². The largest absolute Gasteiger partial charge is 0.394 e. The van der Waals surface area contributed by atoms with Gasteiger partial charge in [0.2, 0.25) is 0 Å². The van der Waals surface area contributed by atoms with E-state index in [-0.39, 0.29) is 6.61 Å². The van der Waals surface area contributed by atoms with Crippen LogP contribution >= 0.6 is 11.6 Å². The molecule has 0 unspecified atom stereocenters. The Morgan fingerprint density at radius 3 is 2.62 bits per heavy atom. The molecule has 0 spiro atoms. The third kappa shape index (κ3) is 3.93. The predicted octanol–water partition coefficient (Wildman–Crippen LogP) is 3.51. The lowest BCUT2D eigenvalue weighted by molar-refractivity contribution is 0.270. The van der Waals surface area contributed by atoms with Gasteiger partial charge in [0.15, 0.2) is 0 Å². The Hall–Kier alpha value is -2.37. The average molecular weight is 343 g/mol. The number of nitrogens with one attached hydrogen (secondary N) is 1. The lowest BCUT2D eigenvalue weighted by Crippen LogP contribution is -2.10. The van der Waals surface area contributed by atoms with E-state index < -0.39 is 0 Å². The zero-order valence-corrected chi connectivity index (χ0v) is 14.2. The van der Waals surface area contributed by atoms with Crippen molar-refractivity contribution in [2.24, 2.45) is 0 Å². The molecule has 0 saturated heterocycles. The van der Waals surface area contributed by atoms with Gasteiger partial charge < -0.3 is 10.4 Å². The number of anilines is 1. The number of benzene rings is 1. The monoisotopic (exact) mass is 342 g/mol. The summed E-state index contributed by atoms with van der Waals surface area (Å²) in [5.41, 5.74) is 3.89. The van der Waals surface area contributed by atoms with Gasteiger partial charge in [-0.15, -0.1) is 0 Å². The summed E-state index contributed by atoms with van der Waals surface area (Å²) in [4.78, 5) is 4.39. The zero-order valence-electron chi connectivity index (χ0n) is 13.4. The molecule has 0 aliphatic heterocycles. The van der Waals surface area contributed by atoms with Crippen molar-refractivity contribution in [1.29, 1.82) is 0 Å². The summed E-state index contributed by atoms with van der Waals surface area (Å²) >= 11 is 5.94. The van der Waals surface area contributed by atoms with Crippen LogP contribution in [0.4, 0.5) is 5.82 Å². The molecule has 1 aromatic carbocycles. The van der Waals surface area contributed by atoms with E-state index in [2.05, 4.69) is 15.4 Å². The quantitative estimate of drug-likeness (QED) is 0.719. The van der Waals surface area contributed by atoms with E-state index >= 15 is 0 Å². The molecule has 2 N–H and O–H groups in total. The van der Waals surface area contributed by atoms with Crippen LogP contribution in [0.3, 0.4) is 0 Å². The van der Waals surface area contributed by atoms with Gasteiger partial charge in [-0.25, -0.2) is 4.68 Å². The second kappa shape index (κ2) is 7.47. The summed E-state index contributed by atoms with van der Waals surface area (Å²) in [6, 6.07) is 13.5. The minimum absolute atomic E-state index is 0.0270. The minimum atomic E-state index is 0.0270. The lowest BCUT2D eigenvalue weighted by atomic mass is 10.1. The van der Waals surface area contributed by atoms with Crippen molar-refractivity contribution < 1.29 is 5.11 Å². The number of pyridine rings is 1. The Labute approximate surface area is 145 Å². The number of aromatic nitrogens is 3. The number of hydrogen-bond acceptors (Lipinski definition) is 4. The van der Waals surface area contributed by atoms with E-state index in [9.17, 15) is 5.11 Å². The Bertz CT molecular complexity index is 797. The summed E-state index contributed by atoms with van der Waals surface area (Å²) in [7, 11) is 0. The van der Waals surface area contributed by atoms with Gasteiger partial charge >= 0.3 is 0 Å². The Morgan fingerprint density at radius 1 is 1.17 bits per heavy atom. The van der Waals surface area contributed by atoms with Crippen LogP contribution in [0.15, 0.2) is 48.7 Å². The summed E-state index contributed by atoms with van der Waals surface area (Å²) in [5, 5.41) is 17.8. The van der Waals surface area contributed by atoms with Gasteiger partial charge in [-0.3, -0.25) is 4.98 Å². The SMILES string of the molecule is Cc1ccc(CNc2cc(-c3ccc(Cl)cc3)nn2CCO)nc1. The maximum atomic E-state index is 9.26. The molecule has 0 atom stereocenters. The summed E-state index contributed by atoms with van der Waals surface area (Å²) in [6.07, 6.45) is 1.85. The van der Waals surface area contributed by atoms with Crippen LogP contribution in [-0.2, 0) is 13.1 Å². The molecule has 0 saturated carbocycles. The highest BCUT2D eigenvalue weighted by molar-refractivity contribution is 6.30. The molecule has 0 aliphatic rings. The van der Waals surface area contributed by atoms with Crippen molar-refractivity contribution in [1.82, 2.24) is 14.8 Å².